The zero-order valence-electron chi connectivity index (χ0n) is 10.3. The summed E-state index contributed by atoms with van der Waals surface area (Å²) >= 11 is 10.8. The van der Waals surface area contributed by atoms with Crippen LogP contribution in [0.1, 0.15) is 13.3 Å². The molecule has 2 amide bonds. The fourth-order valence-electron chi connectivity index (χ4n) is 1.81. The van der Waals surface area contributed by atoms with Gasteiger partial charge in [0.05, 0.1) is 0 Å². The maximum Gasteiger partial charge on any atom is 0.350 e. The van der Waals surface area contributed by atoms with Crippen molar-refractivity contribution in [3.05, 3.63) is 30.1 Å². The van der Waals surface area contributed by atoms with Gasteiger partial charge >= 0.3 is 9.95 Å². The zero-order valence-corrected chi connectivity index (χ0v) is 12.6. The summed E-state index contributed by atoms with van der Waals surface area (Å²) in [5.41, 5.74) is 3.27. The summed E-state index contributed by atoms with van der Waals surface area (Å²) in [5, 5.41) is 0. The van der Waals surface area contributed by atoms with Crippen LogP contribution in [0.2, 0.25) is 0 Å². The lowest BCUT2D eigenvalue weighted by Crippen LogP contribution is -2.36. The van der Waals surface area contributed by atoms with Crippen molar-refractivity contribution < 1.29 is 13.6 Å². The van der Waals surface area contributed by atoms with Gasteiger partial charge in [0.2, 0.25) is 0 Å². The second kappa shape index (κ2) is 5.93. The standard InChI is InChI=1S/C11H11Cl2F2N3OS/c1-2-9-16-18(20-11(12,13)15)10(19)17(9)8-5-3-7(14)4-6-8/h3-6,9,16H,2H2,1H3. The van der Waals surface area contributed by atoms with Crippen molar-refractivity contribution >= 4 is 46.9 Å². The van der Waals surface area contributed by atoms with Gasteiger partial charge in [-0.2, -0.15) is 14.2 Å². The Kier molecular flexibility index (Phi) is 4.63. The summed E-state index contributed by atoms with van der Waals surface area (Å²) in [6.07, 6.45) is 0.167. The minimum Gasteiger partial charge on any atom is -0.275 e. The predicted molar refractivity (Wildman–Crippen MR) is 76.5 cm³/mol. The van der Waals surface area contributed by atoms with Crippen LogP contribution in [0.3, 0.4) is 0 Å². The van der Waals surface area contributed by atoms with E-state index in [4.69, 9.17) is 23.2 Å². The molecule has 1 N–H and O–H groups in total. The molecule has 1 aromatic carbocycles. The van der Waals surface area contributed by atoms with E-state index < -0.39 is 21.9 Å². The van der Waals surface area contributed by atoms with Gasteiger partial charge in [0.25, 0.3) is 0 Å². The summed E-state index contributed by atoms with van der Waals surface area (Å²) in [4.78, 5) is 13.6. The van der Waals surface area contributed by atoms with E-state index >= 15 is 0 Å². The molecule has 1 saturated heterocycles. The SMILES string of the molecule is CCC1NN(SC(F)(Cl)Cl)C(=O)N1c1ccc(F)cc1. The lowest BCUT2D eigenvalue weighted by Gasteiger charge is -2.20. The van der Waals surface area contributed by atoms with Gasteiger partial charge in [-0.3, -0.25) is 4.90 Å². The Labute approximate surface area is 129 Å². The largest absolute Gasteiger partial charge is 0.350 e. The Morgan fingerprint density at radius 3 is 2.50 bits per heavy atom. The molecule has 4 nitrogen and oxygen atoms in total. The van der Waals surface area contributed by atoms with E-state index in [1.54, 1.807) is 0 Å². The van der Waals surface area contributed by atoms with Crippen molar-refractivity contribution in [3.63, 3.8) is 0 Å². The topological polar surface area (TPSA) is 35.6 Å². The Balaban J connectivity index is 2.23. The van der Waals surface area contributed by atoms with E-state index in [2.05, 4.69) is 5.43 Å². The first-order valence-corrected chi connectivity index (χ1v) is 7.25. The molecule has 1 fully saturated rings. The summed E-state index contributed by atoms with van der Waals surface area (Å²) < 4.78 is 24.5. The number of hydrogen-bond donors (Lipinski definition) is 1. The van der Waals surface area contributed by atoms with E-state index in [0.717, 1.165) is 4.41 Å². The number of benzene rings is 1. The van der Waals surface area contributed by atoms with E-state index in [-0.39, 0.29) is 0 Å². The number of nitrogens with zero attached hydrogens (tertiary/aromatic N) is 2. The molecule has 1 aromatic rings. The molecule has 9 heteroatoms. The van der Waals surface area contributed by atoms with E-state index in [9.17, 15) is 13.6 Å². The molecule has 1 unspecified atom stereocenters. The first-order chi connectivity index (χ1) is 9.31. The van der Waals surface area contributed by atoms with Crippen LogP contribution in [0, 0.1) is 5.82 Å². The van der Waals surface area contributed by atoms with Gasteiger partial charge in [-0.1, -0.05) is 30.1 Å². The number of nitrogens with one attached hydrogen (secondary N) is 1. The molecule has 0 saturated carbocycles. The molecule has 0 bridgehead atoms. The molecule has 1 heterocycles. The molecule has 20 heavy (non-hydrogen) atoms. The quantitative estimate of drug-likeness (QED) is 0.663. The van der Waals surface area contributed by atoms with E-state index in [1.807, 2.05) is 6.92 Å². The average Bonchev–Trinajstić information content (AvgIpc) is 2.65. The van der Waals surface area contributed by atoms with Gasteiger partial charge in [0.15, 0.2) is 0 Å². The number of urea groups is 1. The molecule has 0 spiro atoms. The van der Waals surface area contributed by atoms with Crippen LogP contribution in [0.5, 0.6) is 0 Å². The smallest absolute Gasteiger partial charge is 0.275 e. The summed E-state index contributed by atoms with van der Waals surface area (Å²) in [5.74, 6) is -0.406. The molecular weight excluding hydrogens is 331 g/mol. The van der Waals surface area contributed by atoms with Crippen LogP contribution in [-0.4, -0.2) is 20.5 Å². The van der Waals surface area contributed by atoms with E-state index in [1.165, 1.54) is 29.2 Å². The lowest BCUT2D eigenvalue weighted by atomic mass is 10.2. The van der Waals surface area contributed by atoms with Crippen molar-refractivity contribution in [1.82, 2.24) is 9.84 Å². The zero-order chi connectivity index (χ0) is 14.9. The third-order valence-corrected chi connectivity index (χ3v) is 3.71. The predicted octanol–water partition coefficient (Wildman–Crippen LogP) is 4.02. The average molecular weight is 342 g/mol. The van der Waals surface area contributed by atoms with Crippen LogP contribution in [0.15, 0.2) is 24.3 Å². The number of alkyl halides is 3. The highest BCUT2D eigenvalue weighted by Crippen LogP contribution is 2.40. The van der Waals surface area contributed by atoms with Crippen molar-refractivity contribution in [2.24, 2.45) is 0 Å². The normalized spacial score (nSPS) is 19.9. The number of amides is 2. The number of hydrogen-bond acceptors (Lipinski definition) is 3. The highest BCUT2D eigenvalue weighted by molar-refractivity contribution is 8.01. The molecule has 2 rings (SSSR count). The number of rotatable bonds is 4. The summed E-state index contributed by atoms with van der Waals surface area (Å²) in [7, 11) is 0. The van der Waals surface area contributed by atoms with Crippen LogP contribution in [-0.2, 0) is 0 Å². The van der Waals surface area contributed by atoms with Crippen LogP contribution >= 0.6 is 35.1 Å². The van der Waals surface area contributed by atoms with Crippen molar-refractivity contribution in [3.8, 4) is 0 Å². The number of hydrazine groups is 1. The lowest BCUT2D eigenvalue weighted by molar-refractivity contribution is 0.235. The minimum absolute atomic E-state index is 0.314. The molecule has 1 aliphatic heterocycles. The Hall–Kier alpha value is -0.760. The monoisotopic (exact) mass is 341 g/mol. The van der Waals surface area contributed by atoms with Crippen molar-refractivity contribution in [2.45, 2.75) is 23.4 Å². The Bertz CT molecular complexity index is 497. The number of carbonyl (C=O) groups excluding carboxylic acids is 1. The van der Waals surface area contributed by atoms with Crippen molar-refractivity contribution in [2.75, 3.05) is 4.90 Å². The molecule has 1 atom stereocenters. The first-order valence-electron chi connectivity index (χ1n) is 5.72. The third kappa shape index (κ3) is 3.46. The molecule has 0 aliphatic carbocycles. The first kappa shape index (κ1) is 15.6. The molecule has 110 valence electrons. The molecule has 1 aliphatic rings. The summed E-state index contributed by atoms with van der Waals surface area (Å²) in [6, 6.07) is 4.89. The highest BCUT2D eigenvalue weighted by atomic mass is 35.5. The fraction of sp³-hybridized carbons (Fsp3) is 0.364. The second-order valence-electron chi connectivity index (χ2n) is 4.01. The summed E-state index contributed by atoms with van der Waals surface area (Å²) in [6.45, 7) is 1.85. The maximum atomic E-state index is 13.2. The highest BCUT2D eigenvalue weighted by Gasteiger charge is 2.42. The second-order valence-corrected chi connectivity index (χ2v) is 6.81. The number of anilines is 1. The van der Waals surface area contributed by atoms with Crippen LogP contribution in [0.4, 0.5) is 19.3 Å². The van der Waals surface area contributed by atoms with E-state index in [0.29, 0.717) is 24.1 Å². The van der Waals surface area contributed by atoms with Gasteiger partial charge in [-0.05, 0) is 30.7 Å². The van der Waals surface area contributed by atoms with Crippen LogP contribution in [0.25, 0.3) is 0 Å². The van der Waals surface area contributed by atoms with Gasteiger partial charge in [0, 0.05) is 17.6 Å². The van der Waals surface area contributed by atoms with Gasteiger partial charge < -0.3 is 0 Å². The van der Waals surface area contributed by atoms with Gasteiger partial charge in [-0.25, -0.2) is 9.18 Å². The fourth-order valence-corrected chi connectivity index (χ4v) is 2.78. The van der Waals surface area contributed by atoms with Crippen LogP contribution < -0.4 is 10.3 Å². The van der Waals surface area contributed by atoms with Gasteiger partial charge in [0.1, 0.15) is 12.0 Å². The molecule has 0 aromatic heterocycles. The molecule has 0 radical (unpaired) electrons. The number of carbonyl (C=O) groups is 1. The van der Waals surface area contributed by atoms with Gasteiger partial charge in [-0.15, -0.1) is 0 Å². The van der Waals surface area contributed by atoms with Crippen molar-refractivity contribution in [1.29, 1.82) is 0 Å². The minimum atomic E-state index is -2.63. The Morgan fingerprint density at radius 2 is 2.00 bits per heavy atom. The third-order valence-electron chi connectivity index (χ3n) is 2.64. The maximum absolute atomic E-state index is 13.2. The molecular formula is C11H11Cl2F2N3OS. The Morgan fingerprint density at radius 1 is 1.40 bits per heavy atom. The number of halogens is 4.